The van der Waals surface area contributed by atoms with Crippen LogP contribution < -0.4 is 10.6 Å². The minimum atomic E-state index is -0.295. The predicted octanol–water partition coefficient (Wildman–Crippen LogP) is 1.98. The minimum absolute atomic E-state index is 0.135. The Labute approximate surface area is 101 Å². The molecule has 2 rings (SSSR count). The molecule has 0 saturated carbocycles. The second-order valence-corrected chi connectivity index (χ2v) is 4.53. The smallest absolute Gasteiger partial charge is 0.414 e. The minimum Gasteiger partial charge on any atom is -0.444 e. The van der Waals surface area contributed by atoms with E-state index in [0.29, 0.717) is 13.1 Å². The summed E-state index contributed by atoms with van der Waals surface area (Å²) in [5, 5.41) is 0. The van der Waals surface area contributed by atoms with Gasteiger partial charge in [-0.2, -0.15) is 0 Å². The molecule has 4 heteroatoms. The molecule has 0 spiro atoms. The fourth-order valence-corrected chi connectivity index (χ4v) is 2.14. The summed E-state index contributed by atoms with van der Waals surface area (Å²) in [6, 6.07) is 6.08. The Hall–Kier alpha value is -1.55. The summed E-state index contributed by atoms with van der Waals surface area (Å²) in [4.78, 5) is 13.5. The summed E-state index contributed by atoms with van der Waals surface area (Å²) in [5.74, 6) is 0. The van der Waals surface area contributed by atoms with E-state index in [1.54, 1.807) is 4.90 Å². The van der Waals surface area contributed by atoms with Gasteiger partial charge in [0.05, 0.1) is 0 Å². The van der Waals surface area contributed by atoms with Gasteiger partial charge >= 0.3 is 6.09 Å². The number of nitrogens with zero attached hydrogens (tertiary/aromatic N) is 1. The number of benzene rings is 1. The maximum atomic E-state index is 11.8. The van der Waals surface area contributed by atoms with Crippen molar-refractivity contribution < 1.29 is 9.53 Å². The van der Waals surface area contributed by atoms with E-state index >= 15 is 0 Å². The third-order valence-corrected chi connectivity index (χ3v) is 2.94. The van der Waals surface area contributed by atoms with Gasteiger partial charge in [0, 0.05) is 25.2 Å². The molecule has 2 N–H and O–H groups in total. The highest BCUT2D eigenvalue weighted by Gasteiger charge is 2.27. The molecule has 1 heterocycles. The molecule has 92 valence electrons. The number of cyclic esters (lactones) is 1. The van der Waals surface area contributed by atoms with Crippen LogP contribution in [0.15, 0.2) is 18.2 Å². The van der Waals surface area contributed by atoms with Gasteiger partial charge in [0.1, 0.15) is 6.10 Å². The van der Waals surface area contributed by atoms with Crippen molar-refractivity contribution in [3.05, 3.63) is 29.3 Å². The highest BCUT2D eigenvalue weighted by molar-refractivity contribution is 5.88. The molecule has 4 nitrogen and oxygen atoms in total. The van der Waals surface area contributed by atoms with E-state index in [4.69, 9.17) is 10.5 Å². The number of anilines is 1. The fraction of sp³-hybridized carbons (Fsp3) is 0.462. The Morgan fingerprint density at radius 2 is 2.00 bits per heavy atom. The molecule has 1 unspecified atom stereocenters. The molecular weight excluding hydrogens is 216 g/mol. The first-order chi connectivity index (χ1) is 8.10. The van der Waals surface area contributed by atoms with E-state index in [-0.39, 0.29) is 12.2 Å². The highest BCUT2D eigenvalue weighted by atomic mass is 16.6. The van der Waals surface area contributed by atoms with Crippen LogP contribution in [0.3, 0.4) is 0 Å². The normalized spacial score (nSPS) is 20.3. The second-order valence-electron chi connectivity index (χ2n) is 4.53. The van der Waals surface area contributed by atoms with Crippen molar-refractivity contribution in [3.8, 4) is 0 Å². The van der Waals surface area contributed by atoms with Crippen LogP contribution in [0.5, 0.6) is 0 Å². The van der Waals surface area contributed by atoms with Crippen molar-refractivity contribution >= 4 is 11.8 Å². The van der Waals surface area contributed by atoms with E-state index in [0.717, 1.165) is 23.2 Å². The Morgan fingerprint density at radius 1 is 1.35 bits per heavy atom. The van der Waals surface area contributed by atoms with Crippen LogP contribution in [0.2, 0.25) is 0 Å². The molecule has 1 amide bonds. The topological polar surface area (TPSA) is 55.6 Å². The molecule has 1 fully saturated rings. The van der Waals surface area contributed by atoms with Gasteiger partial charge in [0.25, 0.3) is 0 Å². The van der Waals surface area contributed by atoms with Crippen molar-refractivity contribution in [2.24, 2.45) is 5.73 Å². The van der Waals surface area contributed by atoms with Gasteiger partial charge in [-0.15, -0.1) is 0 Å². The summed E-state index contributed by atoms with van der Waals surface area (Å²) in [7, 11) is 0. The first-order valence-corrected chi connectivity index (χ1v) is 5.86. The molecule has 1 atom stereocenters. The molecular formula is C13H18N2O2. The molecule has 1 saturated heterocycles. The Morgan fingerprint density at radius 3 is 2.53 bits per heavy atom. The van der Waals surface area contributed by atoms with Gasteiger partial charge in [-0.25, -0.2) is 4.79 Å². The number of nitrogens with two attached hydrogens (primary N) is 1. The fourth-order valence-electron chi connectivity index (χ4n) is 2.14. The SMILES string of the molecule is Cc1cc(C)cc(N2CCC(CN)OC2=O)c1. The lowest BCUT2D eigenvalue weighted by Crippen LogP contribution is -2.44. The Bertz CT molecular complexity index is 411. The van der Waals surface area contributed by atoms with E-state index in [1.165, 1.54) is 0 Å². The largest absolute Gasteiger partial charge is 0.444 e. The van der Waals surface area contributed by atoms with Crippen LogP contribution in [-0.2, 0) is 4.74 Å². The second kappa shape index (κ2) is 4.75. The third kappa shape index (κ3) is 2.58. The first-order valence-electron chi connectivity index (χ1n) is 5.86. The lowest BCUT2D eigenvalue weighted by Gasteiger charge is -2.31. The third-order valence-electron chi connectivity index (χ3n) is 2.94. The lowest BCUT2D eigenvalue weighted by molar-refractivity contribution is 0.0888. The van der Waals surface area contributed by atoms with E-state index in [1.807, 2.05) is 26.0 Å². The quantitative estimate of drug-likeness (QED) is 0.851. The highest BCUT2D eigenvalue weighted by Crippen LogP contribution is 2.23. The van der Waals surface area contributed by atoms with Crippen LogP contribution >= 0.6 is 0 Å². The Kier molecular flexibility index (Phi) is 3.33. The molecule has 0 bridgehead atoms. The van der Waals surface area contributed by atoms with Gasteiger partial charge in [-0.05, 0) is 37.1 Å². The van der Waals surface area contributed by atoms with Crippen LogP contribution in [-0.4, -0.2) is 25.3 Å². The van der Waals surface area contributed by atoms with Crippen molar-refractivity contribution in [2.45, 2.75) is 26.4 Å². The molecule has 1 aliphatic heterocycles. The lowest BCUT2D eigenvalue weighted by atomic mass is 10.1. The Balaban J connectivity index is 2.20. The van der Waals surface area contributed by atoms with Gasteiger partial charge in [-0.1, -0.05) is 6.07 Å². The first kappa shape index (κ1) is 11.9. The molecule has 0 aliphatic carbocycles. The number of ether oxygens (including phenoxy) is 1. The van der Waals surface area contributed by atoms with Gasteiger partial charge in [-0.3, -0.25) is 4.90 Å². The zero-order chi connectivity index (χ0) is 12.4. The molecule has 1 aliphatic rings. The summed E-state index contributed by atoms with van der Waals surface area (Å²) < 4.78 is 5.24. The molecule has 1 aromatic rings. The summed E-state index contributed by atoms with van der Waals surface area (Å²) in [6.45, 7) is 5.11. The number of rotatable bonds is 2. The number of aryl methyl sites for hydroxylation is 2. The maximum absolute atomic E-state index is 11.8. The van der Waals surface area contributed by atoms with Crippen LogP contribution in [0, 0.1) is 13.8 Å². The van der Waals surface area contributed by atoms with Crippen LogP contribution in [0.1, 0.15) is 17.5 Å². The summed E-state index contributed by atoms with van der Waals surface area (Å²) in [5.41, 5.74) is 8.70. The average molecular weight is 234 g/mol. The van der Waals surface area contributed by atoms with E-state index < -0.39 is 0 Å². The zero-order valence-electron chi connectivity index (χ0n) is 10.3. The van der Waals surface area contributed by atoms with Crippen molar-refractivity contribution in [1.82, 2.24) is 0 Å². The van der Waals surface area contributed by atoms with E-state index in [9.17, 15) is 4.79 Å². The van der Waals surface area contributed by atoms with Crippen molar-refractivity contribution in [1.29, 1.82) is 0 Å². The zero-order valence-corrected chi connectivity index (χ0v) is 10.3. The van der Waals surface area contributed by atoms with Crippen molar-refractivity contribution in [3.63, 3.8) is 0 Å². The van der Waals surface area contributed by atoms with Crippen LogP contribution in [0.4, 0.5) is 10.5 Å². The van der Waals surface area contributed by atoms with Gasteiger partial charge in [0.15, 0.2) is 0 Å². The molecule has 0 aromatic heterocycles. The molecule has 17 heavy (non-hydrogen) atoms. The molecule has 1 aromatic carbocycles. The standard InChI is InChI=1S/C13H18N2O2/c1-9-5-10(2)7-11(6-9)15-4-3-12(8-14)17-13(15)16/h5-7,12H,3-4,8,14H2,1-2H3. The number of hydrogen-bond donors (Lipinski definition) is 1. The monoisotopic (exact) mass is 234 g/mol. The van der Waals surface area contributed by atoms with Gasteiger partial charge < -0.3 is 10.5 Å². The van der Waals surface area contributed by atoms with E-state index in [2.05, 4.69) is 6.07 Å². The number of hydrogen-bond acceptors (Lipinski definition) is 3. The van der Waals surface area contributed by atoms with Gasteiger partial charge in [0.2, 0.25) is 0 Å². The average Bonchev–Trinajstić information content (AvgIpc) is 2.27. The summed E-state index contributed by atoms with van der Waals surface area (Å²) in [6.07, 6.45) is 0.358. The maximum Gasteiger partial charge on any atom is 0.414 e. The predicted molar refractivity (Wildman–Crippen MR) is 67.2 cm³/mol. The molecule has 0 radical (unpaired) electrons. The van der Waals surface area contributed by atoms with Crippen LogP contribution in [0.25, 0.3) is 0 Å². The van der Waals surface area contributed by atoms with Crippen molar-refractivity contribution in [2.75, 3.05) is 18.0 Å². The number of carbonyl (C=O) groups excluding carboxylic acids is 1. The number of carbonyl (C=O) groups is 1. The number of amides is 1. The summed E-state index contributed by atoms with van der Waals surface area (Å²) >= 11 is 0.